The van der Waals surface area contributed by atoms with Crippen LogP contribution in [0.25, 0.3) is 0 Å². The van der Waals surface area contributed by atoms with Crippen molar-refractivity contribution >= 4 is 16.0 Å². The van der Waals surface area contributed by atoms with Crippen LogP contribution in [0.5, 0.6) is 5.75 Å². The molecule has 7 heteroatoms. The first-order valence-electron chi connectivity index (χ1n) is 7.69. The van der Waals surface area contributed by atoms with Crippen LogP contribution in [0.1, 0.15) is 16.7 Å². The molecule has 0 unspecified atom stereocenters. The van der Waals surface area contributed by atoms with E-state index in [9.17, 15) is 18.3 Å². The number of rotatable bonds is 7. The average molecular weight is 363 g/mol. The van der Waals surface area contributed by atoms with Gasteiger partial charge in [-0.1, -0.05) is 36.4 Å². The molecule has 134 valence electrons. The van der Waals surface area contributed by atoms with Gasteiger partial charge in [0.2, 0.25) is 10.0 Å². The number of carboxylic acids is 1. The maximum absolute atomic E-state index is 12.8. The lowest BCUT2D eigenvalue weighted by Crippen LogP contribution is -2.42. The van der Waals surface area contributed by atoms with Gasteiger partial charge in [0.15, 0.2) is 0 Å². The van der Waals surface area contributed by atoms with Gasteiger partial charge in [0.25, 0.3) is 0 Å². The highest BCUT2D eigenvalue weighted by molar-refractivity contribution is 7.89. The van der Waals surface area contributed by atoms with Crippen LogP contribution in [-0.2, 0) is 21.2 Å². The smallest absolute Gasteiger partial charge is 0.322 e. The standard InChI is InChI=1S/C18H21NO5S/c1-12-9-13(2)17(16(10-12)24-3)25(22,23)19-15(18(20)21)11-14-7-5-4-6-8-14/h4-10,15,19H,11H2,1-3H3,(H,20,21)/t15-/m0/s1. The summed E-state index contributed by atoms with van der Waals surface area (Å²) in [6.45, 7) is 3.48. The summed E-state index contributed by atoms with van der Waals surface area (Å²) < 4.78 is 33.1. The van der Waals surface area contributed by atoms with E-state index in [0.717, 1.165) is 11.1 Å². The number of benzene rings is 2. The van der Waals surface area contributed by atoms with Gasteiger partial charge in [-0.25, -0.2) is 8.42 Å². The number of aryl methyl sites for hydroxylation is 2. The number of hydrogen-bond acceptors (Lipinski definition) is 4. The summed E-state index contributed by atoms with van der Waals surface area (Å²) in [6, 6.07) is 10.9. The van der Waals surface area contributed by atoms with Crippen LogP contribution in [-0.4, -0.2) is 32.6 Å². The topological polar surface area (TPSA) is 92.7 Å². The van der Waals surface area contributed by atoms with E-state index >= 15 is 0 Å². The lowest BCUT2D eigenvalue weighted by molar-refractivity contribution is -0.138. The molecule has 2 aromatic rings. The molecule has 0 amide bonds. The summed E-state index contributed by atoms with van der Waals surface area (Å²) in [5.74, 6) is -1.05. The molecule has 0 saturated carbocycles. The maximum Gasteiger partial charge on any atom is 0.322 e. The first-order chi connectivity index (χ1) is 11.7. The van der Waals surface area contributed by atoms with E-state index in [1.165, 1.54) is 7.11 Å². The zero-order chi connectivity index (χ0) is 18.6. The van der Waals surface area contributed by atoms with Crippen molar-refractivity contribution in [1.82, 2.24) is 4.72 Å². The molecule has 1 atom stereocenters. The van der Waals surface area contributed by atoms with Crippen molar-refractivity contribution in [2.75, 3.05) is 7.11 Å². The van der Waals surface area contributed by atoms with Crippen molar-refractivity contribution in [3.05, 3.63) is 59.2 Å². The molecule has 2 rings (SSSR count). The quantitative estimate of drug-likeness (QED) is 0.787. The SMILES string of the molecule is COc1cc(C)cc(C)c1S(=O)(=O)N[C@@H](Cc1ccccc1)C(=O)O. The molecule has 0 aromatic heterocycles. The molecular weight excluding hydrogens is 342 g/mol. The van der Waals surface area contributed by atoms with Gasteiger partial charge >= 0.3 is 5.97 Å². The molecule has 0 radical (unpaired) electrons. The first kappa shape index (κ1) is 19.0. The third-order valence-electron chi connectivity index (χ3n) is 3.75. The molecule has 0 aliphatic carbocycles. The molecule has 2 aromatic carbocycles. The van der Waals surface area contributed by atoms with Crippen molar-refractivity contribution in [3.8, 4) is 5.75 Å². The van der Waals surface area contributed by atoms with E-state index in [1.807, 2.05) is 13.0 Å². The van der Waals surface area contributed by atoms with E-state index in [0.29, 0.717) is 5.56 Å². The Labute approximate surface area is 147 Å². The summed E-state index contributed by atoms with van der Waals surface area (Å²) in [4.78, 5) is 11.5. The Morgan fingerprint density at radius 2 is 1.84 bits per heavy atom. The molecule has 0 heterocycles. The number of hydrogen-bond donors (Lipinski definition) is 2. The normalized spacial score (nSPS) is 12.6. The summed E-state index contributed by atoms with van der Waals surface area (Å²) in [6.07, 6.45) is 0.0443. The van der Waals surface area contributed by atoms with E-state index < -0.39 is 22.0 Å². The second kappa shape index (κ2) is 7.67. The van der Waals surface area contributed by atoms with Crippen LogP contribution in [0, 0.1) is 13.8 Å². The zero-order valence-corrected chi connectivity index (χ0v) is 15.1. The van der Waals surface area contributed by atoms with E-state index in [2.05, 4.69) is 4.72 Å². The second-order valence-electron chi connectivity index (χ2n) is 5.82. The van der Waals surface area contributed by atoms with Gasteiger partial charge in [-0.3, -0.25) is 4.79 Å². The fourth-order valence-corrected chi connectivity index (χ4v) is 4.25. The van der Waals surface area contributed by atoms with Crippen LogP contribution in [0.3, 0.4) is 0 Å². The Balaban J connectivity index is 2.37. The monoisotopic (exact) mass is 363 g/mol. The number of ether oxygens (including phenoxy) is 1. The van der Waals surface area contributed by atoms with E-state index in [-0.39, 0.29) is 17.1 Å². The predicted octanol–water partition coefficient (Wildman–Crippen LogP) is 2.29. The molecule has 2 N–H and O–H groups in total. The minimum atomic E-state index is -4.07. The van der Waals surface area contributed by atoms with Crippen LogP contribution in [0.2, 0.25) is 0 Å². The number of methoxy groups -OCH3 is 1. The summed E-state index contributed by atoms with van der Waals surface area (Å²) in [5.41, 5.74) is 2.07. The maximum atomic E-state index is 12.8. The molecule has 0 bridgehead atoms. The number of aliphatic carboxylic acids is 1. The average Bonchev–Trinajstić information content (AvgIpc) is 2.53. The van der Waals surface area contributed by atoms with Crippen LogP contribution in [0.4, 0.5) is 0 Å². The Morgan fingerprint density at radius 3 is 2.40 bits per heavy atom. The zero-order valence-electron chi connectivity index (χ0n) is 14.3. The number of sulfonamides is 1. The number of carbonyl (C=O) groups is 1. The Morgan fingerprint density at radius 1 is 1.20 bits per heavy atom. The Hall–Kier alpha value is -2.38. The lowest BCUT2D eigenvalue weighted by atomic mass is 10.1. The summed E-state index contributed by atoms with van der Waals surface area (Å²) in [7, 11) is -2.69. The van der Waals surface area contributed by atoms with Gasteiger partial charge in [0.1, 0.15) is 16.7 Å². The number of carboxylic acid groups (broad SMARTS) is 1. The highest BCUT2D eigenvalue weighted by Crippen LogP contribution is 2.29. The molecule has 0 aliphatic heterocycles. The van der Waals surface area contributed by atoms with Gasteiger partial charge in [-0.2, -0.15) is 4.72 Å². The van der Waals surface area contributed by atoms with Gasteiger partial charge < -0.3 is 9.84 Å². The van der Waals surface area contributed by atoms with E-state index in [4.69, 9.17) is 4.74 Å². The molecule has 0 spiro atoms. The third kappa shape index (κ3) is 4.58. The molecule has 25 heavy (non-hydrogen) atoms. The van der Waals surface area contributed by atoms with Crippen LogP contribution < -0.4 is 9.46 Å². The molecule has 6 nitrogen and oxygen atoms in total. The second-order valence-corrected chi connectivity index (χ2v) is 7.47. The van der Waals surface area contributed by atoms with Gasteiger partial charge in [-0.15, -0.1) is 0 Å². The third-order valence-corrected chi connectivity index (χ3v) is 5.41. The van der Waals surface area contributed by atoms with E-state index in [1.54, 1.807) is 43.3 Å². The Bertz CT molecular complexity index is 863. The molecule has 0 fully saturated rings. The lowest BCUT2D eigenvalue weighted by Gasteiger charge is -2.18. The van der Waals surface area contributed by atoms with Crippen LogP contribution >= 0.6 is 0 Å². The summed E-state index contributed by atoms with van der Waals surface area (Å²) in [5, 5.41) is 9.43. The van der Waals surface area contributed by atoms with Crippen molar-refractivity contribution in [2.24, 2.45) is 0 Å². The van der Waals surface area contributed by atoms with Crippen molar-refractivity contribution in [3.63, 3.8) is 0 Å². The fourth-order valence-electron chi connectivity index (χ4n) is 2.69. The molecule has 0 aliphatic rings. The van der Waals surface area contributed by atoms with Gasteiger partial charge in [0, 0.05) is 0 Å². The summed E-state index contributed by atoms with van der Waals surface area (Å²) >= 11 is 0. The number of nitrogens with one attached hydrogen (secondary N) is 1. The van der Waals surface area contributed by atoms with Crippen molar-refractivity contribution in [2.45, 2.75) is 31.2 Å². The minimum absolute atomic E-state index is 0.0417. The highest BCUT2D eigenvalue weighted by Gasteiger charge is 2.29. The molecular formula is C18H21NO5S. The first-order valence-corrected chi connectivity index (χ1v) is 9.17. The van der Waals surface area contributed by atoms with Crippen molar-refractivity contribution in [1.29, 1.82) is 0 Å². The van der Waals surface area contributed by atoms with Gasteiger partial charge in [0.05, 0.1) is 7.11 Å². The minimum Gasteiger partial charge on any atom is -0.495 e. The van der Waals surface area contributed by atoms with Gasteiger partial charge in [-0.05, 0) is 43.0 Å². The highest BCUT2D eigenvalue weighted by atomic mass is 32.2. The predicted molar refractivity (Wildman–Crippen MR) is 94.4 cm³/mol. The van der Waals surface area contributed by atoms with Crippen molar-refractivity contribution < 1.29 is 23.1 Å². The Kier molecular flexibility index (Phi) is 5.81. The molecule has 0 saturated heterocycles. The fraction of sp³-hybridized carbons (Fsp3) is 0.278. The van der Waals surface area contributed by atoms with Crippen LogP contribution in [0.15, 0.2) is 47.4 Å². The largest absolute Gasteiger partial charge is 0.495 e.